The van der Waals surface area contributed by atoms with Crippen molar-refractivity contribution in [2.24, 2.45) is 0 Å². The van der Waals surface area contributed by atoms with Crippen LogP contribution in [0.15, 0.2) is 41.7 Å². The van der Waals surface area contributed by atoms with Crippen LogP contribution in [-0.4, -0.2) is 46.4 Å². The standard InChI is InChI=1S/C20H22N4O4/c1-2-27-20(26)16-17(25)15(28-19(16)23-24-9-4-3-5-10-24)11-13-12-22-18-14(13)7-6-8-21-18/h6-8,11-12,23H,2-5,9-10H2,1H3,(H,21,22)/b15-11-. The number of allylic oxidation sites excluding steroid dienone is 1. The first-order valence-electron chi connectivity index (χ1n) is 9.46. The molecule has 2 aliphatic rings. The topological polar surface area (TPSA) is 96.6 Å². The van der Waals surface area contributed by atoms with Crippen LogP contribution in [0.5, 0.6) is 0 Å². The average Bonchev–Trinajstić information content (AvgIpc) is 3.24. The molecule has 8 heteroatoms. The molecule has 0 bridgehead atoms. The largest absolute Gasteiger partial charge is 0.462 e. The molecule has 0 spiro atoms. The Morgan fingerprint density at radius 1 is 1.39 bits per heavy atom. The predicted molar refractivity (Wildman–Crippen MR) is 102 cm³/mol. The van der Waals surface area contributed by atoms with Crippen molar-refractivity contribution in [1.82, 2.24) is 20.4 Å². The van der Waals surface area contributed by atoms with Gasteiger partial charge < -0.3 is 14.5 Å². The summed E-state index contributed by atoms with van der Waals surface area (Å²) in [7, 11) is 0. The molecule has 146 valence electrons. The molecular weight excluding hydrogens is 360 g/mol. The fourth-order valence-corrected chi connectivity index (χ4v) is 3.38. The van der Waals surface area contributed by atoms with Gasteiger partial charge in [0.05, 0.1) is 6.61 Å². The van der Waals surface area contributed by atoms with Gasteiger partial charge in [-0.2, -0.15) is 0 Å². The minimum atomic E-state index is -0.684. The fraction of sp³-hybridized carbons (Fsp3) is 0.350. The molecule has 1 fully saturated rings. The number of ether oxygens (including phenoxy) is 2. The summed E-state index contributed by atoms with van der Waals surface area (Å²) < 4.78 is 10.9. The smallest absolute Gasteiger partial charge is 0.347 e. The monoisotopic (exact) mass is 382 g/mol. The highest BCUT2D eigenvalue weighted by Gasteiger charge is 2.37. The number of piperidine rings is 1. The maximum Gasteiger partial charge on any atom is 0.347 e. The normalized spacial score (nSPS) is 19.3. The second-order valence-corrected chi connectivity index (χ2v) is 6.67. The predicted octanol–water partition coefficient (Wildman–Crippen LogP) is 2.27. The van der Waals surface area contributed by atoms with Crippen molar-refractivity contribution in [2.45, 2.75) is 26.2 Å². The van der Waals surface area contributed by atoms with Gasteiger partial charge in [-0.3, -0.25) is 10.2 Å². The zero-order valence-electron chi connectivity index (χ0n) is 15.7. The summed E-state index contributed by atoms with van der Waals surface area (Å²) >= 11 is 0. The van der Waals surface area contributed by atoms with Crippen molar-refractivity contribution >= 4 is 28.9 Å². The SMILES string of the molecule is CCOC(=O)C1=C(NN2CCCCC2)O/C(=C\c2c[nH]c3ncccc23)C1=O. The Balaban J connectivity index is 1.64. The number of ketones is 1. The van der Waals surface area contributed by atoms with E-state index in [-0.39, 0.29) is 23.8 Å². The van der Waals surface area contributed by atoms with E-state index in [2.05, 4.69) is 15.4 Å². The Morgan fingerprint density at radius 3 is 3.00 bits per heavy atom. The van der Waals surface area contributed by atoms with Gasteiger partial charge in [0.15, 0.2) is 11.3 Å². The molecule has 0 amide bonds. The number of hydrogen-bond donors (Lipinski definition) is 2. The lowest BCUT2D eigenvalue weighted by molar-refractivity contribution is -0.139. The second-order valence-electron chi connectivity index (χ2n) is 6.67. The summed E-state index contributed by atoms with van der Waals surface area (Å²) in [6.45, 7) is 3.53. The number of fused-ring (bicyclic) bond motifs is 1. The Bertz CT molecular complexity index is 969. The lowest BCUT2D eigenvalue weighted by Gasteiger charge is -2.27. The van der Waals surface area contributed by atoms with E-state index in [4.69, 9.17) is 9.47 Å². The molecule has 0 aromatic carbocycles. The van der Waals surface area contributed by atoms with Crippen LogP contribution in [0, 0.1) is 0 Å². The molecule has 8 nitrogen and oxygen atoms in total. The zero-order valence-corrected chi connectivity index (χ0v) is 15.7. The van der Waals surface area contributed by atoms with Crippen LogP contribution >= 0.6 is 0 Å². The molecule has 1 saturated heterocycles. The first kappa shape index (κ1) is 18.2. The number of H-pyrrole nitrogens is 1. The van der Waals surface area contributed by atoms with E-state index in [0.717, 1.165) is 36.9 Å². The highest BCUT2D eigenvalue weighted by Crippen LogP contribution is 2.28. The molecule has 4 rings (SSSR count). The number of aromatic amines is 1. The summed E-state index contributed by atoms with van der Waals surface area (Å²) in [5.41, 5.74) is 4.46. The van der Waals surface area contributed by atoms with E-state index in [9.17, 15) is 9.59 Å². The minimum absolute atomic E-state index is 0.0762. The highest BCUT2D eigenvalue weighted by molar-refractivity contribution is 6.26. The number of nitrogens with one attached hydrogen (secondary N) is 2. The molecular formula is C20H22N4O4. The van der Waals surface area contributed by atoms with Crippen LogP contribution < -0.4 is 5.43 Å². The number of pyridine rings is 1. The number of nitrogens with zero attached hydrogens (tertiary/aromatic N) is 2. The maximum absolute atomic E-state index is 12.9. The Labute approximate surface area is 162 Å². The van der Waals surface area contributed by atoms with Gasteiger partial charge in [0.1, 0.15) is 5.65 Å². The van der Waals surface area contributed by atoms with E-state index in [1.54, 1.807) is 25.4 Å². The van der Waals surface area contributed by atoms with Gasteiger partial charge in [0.25, 0.3) is 0 Å². The molecule has 0 aliphatic carbocycles. The Morgan fingerprint density at radius 2 is 2.21 bits per heavy atom. The zero-order chi connectivity index (χ0) is 19.5. The molecule has 2 aromatic rings. The fourth-order valence-electron chi connectivity index (χ4n) is 3.38. The van der Waals surface area contributed by atoms with Crippen LogP contribution in [0.1, 0.15) is 31.7 Å². The third-order valence-corrected chi connectivity index (χ3v) is 4.75. The Kier molecular flexibility index (Phi) is 5.12. The van der Waals surface area contributed by atoms with Gasteiger partial charge >= 0.3 is 5.97 Å². The highest BCUT2D eigenvalue weighted by atomic mass is 16.5. The third kappa shape index (κ3) is 3.50. The van der Waals surface area contributed by atoms with Crippen LogP contribution in [-0.2, 0) is 19.1 Å². The molecule has 0 saturated carbocycles. The molecule has 0 atom stereocenters. The van der Waals surface area contributed by atoms with Crippen LogP contribution in [0.2, 0.25) is 0 Å². The first-order valence-corrected chi connectivity index (χ1v) is 9.46. The van der Waals surface area contributed by atoms with Crippen molar-refractivity contribution in [3.63, 3.8) is 0 Å². The van der Waals surface area contributed by atoms with Gasteiger partial charge in [0, 0.05) is 36.4 Å². The van der Waals surface area contributed by atoms with Gasteiger partial charge in [0.2, 0.25) is 11.7 Å². The number of Topliss-reactive ketones (excluding diaryl/α,β-unsaturated/α-hetero) is 1. The Hall–Kier alpha value is -3.13. The van der Waals surface area contributed by atoms with Crippen LogP contribution in [0.3, 0.4) is 0 Å². The molecule has 2 aromatic heterocycles. The summed E-state index contributed by atoms with van der Waals surface area (Å²) in [6, 6.07) is 3.72. The molecule has 4 heterocycles. The molecule has 0 unspecified atom stereocenters. The number of aromatic nitrogens is 2. The number of carbonyl (C=O) groups excluding carboxylic acids is 2. The lowest BCUT2D eigenvalue weighted by Crippen LogP contribution is -2.41. The maximum atomic E-state index is 12.9. The van der Waals surface area contributed by atoms with Gasteiger partial charge in [-0.25, -0.2) is 14.8 Å². The molecule has 0 radical (unpaired) electrons. The van der Waals surface area contributed by atoms with Crippen LogP contribution in [0.25, 0.3) is 17.1 Å². The molecule has 2 N–H and O–H groups in total. The van der Waals surface area contributed by atoms with E-state index in [0.29, 0.717) is 5.65 Å². The van der Waals surface area contributed by atoms with Gasteiger partial charge in [-0.05, 0) is 38.0 Å². The van der Waals surface area contributed by atoms with Crippen molar-refractivity contribution < 1.29 is 19.1 Å². The number of hydrogen-bond acceptors (Lipinski definition) is 7. The number of rotatable bonds is 5. The van der Waals surface area contributed by atoms with Crippen LogP contribution in [0.4, 0.5) is 0 Å². The number of esters is 1. The average molecular weight is 382 g/mol. The minimum Gasteiger partial charge on any atom is -0.462 e. The summed E-state index contributed by atoms with van der Waals surface area (Å²) in [5.74, 6) is -0.964. The second kappa shape index (κ2) is 7.85. The van der Waals surface area contributed by atoms with Gasteiger partial charge in [-0.1, -0.05) is 6.42 Å². The lowest BCUT2D eigenvalue weighted by atomic mass is 10.1. The third-order valence-electron chi connectivity index (χ3n) is 4.75. The van der Waals surface area contributed by atoms with Crippen molar-refractivity contribution in [3.05, 3.63) is 47.3 Å². The molecule has 2 aliphatic heterocycles. The first-order chi connectivity index (χ1) is 13.7. The van der Waals surface area contributed by atoms with E-state index in [1.165, 1.54) is 6.42 Å². The van der Waals surface area contributed by atoms with Crippen molar-refractivity contribution in [3.8, 4) is 0 Å². The van der Waals surface area contributed by atoms with Crippen molar-refractivity contribution in [1.29, 1.82) is 0 Å². The number of carbonyl (C=O) groups is 2. The van der Waals surface area contributed by atoms with Crippen molar-refractivity contribution in [2.75, 3.05) is 19.7 Å². The summed E-state index contributed by atoms with van der Waals surface area (Å²) in [6.07, 6.45) is 8.33. The molecule has 28 heavy (non-hydrogen) atoms. The summed E-state index contributed by atoms with van der Waals surface area (Å²) in [5, 5.41) is 2.82. The van der Waals surface area contributed by atoms with E-state index in [1.807, 2.05) is 17.1 Å². The van der Waals surface area contributed by atoms with E-state index >= 15 is 0 Å². The quantitative estimate of drug-likeness (QED) is 0.465. The van der Waals surface area contributed by atoms with Gasteiger partial charge in [-0.15, -0.1) is 0 Å². The summed E-state index contributed by atoms with van der Waals surface area (Å²) in [4.78, 5) is 32.6. The number of hydrazine groups is 1. The van der Waals surface area contributed by atoms with E-state index < -0.39 is 11.8 Å².